The number of nitrogens with zero attached hydrogens (tertiary/aromatic N) is 1. The molecule has 14 heavy (non-hydrogen) atoms. The highest BCUT2D eigenvalue weighted by molar-refractivity contribution is 7.99. The number of aromatic nitrogens is 1. The molecule has 1 N–H and O–H groups in total. The quantitative estimate of drug-likeness (QED) is 0.706. The van der Waals surface area contributed by atoms with Crippen molar-refractivity contribution in [2.75, 3.05) is 18.1 Å². The third-order valence-electron chi connectivity index (χ3n) is 1.82. The number of hydrogen-bond acceptors (Lipinski definition) is 4. The lowest BCUT2D eigenvalue weighted by Gasteiger charge is -2.00. The summed E-state index contributed by atoms with van der Waals surface area (Å²) in [7, 11) is 0. The molecular weight excluding hydrogens is 196 g/mol. The van der Waals surface area contributed by atoms with Gasteiger partial charge < -0.3 is 9.84 Å². The van der Waals surface area contributed by atoms with Gasteiger partial charge in [-0.2, -0.15) is 11.8 Å². The van der Waals surface area contributed by atoms with Crippen molar-refractivity contribution in [2.24, 2.45) is 0 Å². The summed E-state index contributed by atoms with van der Waals surface area (Å²) in [4.78, 5) is 0. The Bertz CT molecular complexity index is 250. The minimum absolute atomic E-state index is 0.789. The first-order chi connectivity index (χ1) is 6.83. The molecule has 0 fully saturated rings. The molecule has 0 unspecified atom stereocenters. The zero-order valence-electron chi connectivity index (χ0n) is 8.88. The molecule has 3 nitrogen and oxygen atoms in total. The van der Waals surface area contributed by atoms with Gasteiger partial charge >= 0.3 is 0 Å². The van der Waals surface area contributed by atoms with Crippen LogP contribution in [0, 0.1) is 6.92 Å². The van der Waals surface area contributed by atoms with Crippen molar-refractivity contribution in [3.05, 3.63) is 17.5 Å². The maximum atomic E-state index is 5.07. The number of hydrogen-bond donors (Lipinski definition) is 1. The van der Waals surface area contributed by atoms with Gasteiger partial charge in [0.1, 0.15) is 0 Å². The molecule has 0 radical (unpaired) electrons. The summed E-state index contributed by atoms with van der Waals surface area (Å²) in [6.07, 6.45) is 1.21. The normalized spacial score (nSPS) is 10.7. The van der Waals surface area contributed by atoms with Crippen LogP contribution in [-0.4, -0.2) is 23.2 Å². The molecule has 1 heterocycles. The average molecular weight is 214 g/mol. The highest BCUT2D eigenvalue weighted by Crippen LogP contribution is 2.02. The summed E-state index contributed by atoms with van der Waals surface area (Å²) in [5.41, 5.74) is 0.948. The van der Waals surface area contributed by atoms with Crippen LogP contribution in [0.2, 0.25) is 0 Å². The van der Waals surface area contributed by atoms with Gasteiger partial charge in [-0.25, -0.2) is 0 Å². The molecule has 0 atom stereocenters. The van der Waals surface area contributed by atoms with Crippen LogP contribution < -0.4 is 5.32 Å². The Balaban J connectivity index is 1.99. The Morgan fingerprint density at radius 3 is 3.07 bits per heavy atom. The fourth-order valence-electron chi connectivity index (χ4n) is 1.15. The highest BCUT2D eigenvalue weighted by Gasteiger charge is 1.98. The van der Waals surface area contributed by atoms with Gasteiger partial charge in [0.2, 0.25) is 0 Å². The molecule has 4 heteroatoms. The van der Waals surface area contributed by atoms with Crippen LogP contribution >= 0.6 is 11.8 Å². The second-order valence-corrected chi connectivity index (χ2v) is 4.56. The Morgan fingerprint density at radius 1 is 1.57 bits per heavy atom. The van der Waals surface area contributed by atoms with E-state index in [9.17, 15) is 0 Å². The van der Waals surface area contributed by atoms with Gasteiger partial charge in [0.25, 0.3) is 0 Å². The SMILES string of the molecule is CCSCCCNCc1cc(C)no1. The van der Waals surface area contributed by atoms with E-state index in [0.29, 0.717) is 0 Å². The van der Waals surface area contributed by atoms with E-state index in [0.717, 1.165) is 24.5 Å². The van der Waals surface area contributed by atoms with Gasteiger partial charge in [0.15, 0.2) is 5.76 Å². The Labute approximate surface area is 89.6 Å². The second kappa shape index (κ2) is 6.90. The third kappa shape index (κ3) is 4.67. The molecule has 0 bridgehead atoms. The van der Waals surface area contributed by atoms with Crippen LogP contribution in [0.15, 0.2) is 10.6 Å². The predicted molar refractivity (Wildman–Crippen MR) is 60.6 cm³/mol. The maximum absolute atomic E-state index is 5.07. The fourth-order valence-corrected chi connectivity index (χ4v) is 1.79. The Hall–Kier alpha value is -0.480. The molecule has 0 saturated carbocycles. The molecule has 0 amide bonds. The molecule has 0 aliphatic heterocycles. The van der Waals surface area contributed by atoms with E-state index < -0.39 is 0 Å². The molecule has 80 valence electrons. The fraction of sp³-hybridized carbons (Fsp3) is 0.700. The second-order valence-electron chi connectivity index (χ2n) is 3.16. The van der Waals surface area contributed by atoms with Crippen molar-refractivity contribution in [1.82, 2.24) is 10.5 Å². The zero-order chi connectivity index (χ0) is 10.2. The molecule has 1 rings (SSSR count). The van der Waals surface area contributed by atoms with Crippen LogP contribution in [0.1, 0.15) is 24.8 Å². The minimum atomic E-state index is 0.789. The minimum Gasteiger partial charge on any atom is -0.360 e. The Morgan fingerprint density at radius 2 is 2.43 bits per heavy atom. The third-order valence-corrected chi connectivity index (χ3v) is 2.81. The predicted octanol–water partition coefficient (Wildman–Crippen LogP) is 2.22. The van der Waals surface area contributed by atoms with Crippen molar-refractivity contribution in [1.29, 1.82) is 0 Å². The topological polar surface area (TPSA) is 38.1 Å². The summed E-state index contributed by atoms with van der Waals surface area (Å²) >= 11 is 1.98. The molecule has 1 aromatic heterocycles. The Kier molecular flexibility index (Phi) is 5.71. The van der Waals surface area contributed by atoms with E-state index >= 15 is 0 Å². The first-order valence-corrected chi connectivity index (χ1v) is 6.19. The molecule has 0 saturated heterocycles. The number of aryl methyl sites for hydroxylation is 1. The number of nitrogens with one attached hydrogen (secondary N) is 1. The summed E-state index contributed by atoms with van der Waals surface area (Å²) in [5, 5.41) is 7.15. The molecule has 0 aliphatic carbocycles. The van der Waals surface area contributed by atoms with Crippen molar-refractivity contribution in [3.8, 4) is 0 Å². The van der Waals surface area contributed by atoms with Crippen LogP contribution in [0.4, 0.5) is 0 Å². The summed E-state index contributed by atoms with van der Waals surface area (Å²) in [6, 6.07) is 1.97. The van der Waals surface area contributed by atoms with Crippen molar-refractivity contribution in [3.63, 3.8) is 0 Å². The maximum Gasteiger partial charge on any atom is 0.150 e. The van der Waals surface area contributed by atoms with Gasteiger partial charge in [-0.1, -0.05) is 12.1 Å². The average Bonchev–Trinajstić information content (AvgIpc) is 2.58. The number of thioether (sulfide) groups is 1. The summed E-state index contributed by atoms with van der Waals surface area (Å²) in [6.45, 7) is 5.96. The standard InChI is InChI=1S/C10H18N2OS/c1-3-14-6-4-5-11-8-10-7-9(2)12-13-10/h7,11H,3-6,8H2,1-2H3. The van der Waals surface area contributed by atoms with Gasteiger partial charge in [-0.3, -0.25) is 0 Å². The smallest absolute Gasteiger partial charge is 0.150 e. The molecule has 0 aromatic carbocycles. The van der Waals surface area contributed by atoms with Crippen LogP contribution in [0.25, 0.3) is 0 Å². The van der Waals surface area contributed by atoms with Crippen molar-refractivity contribution >= 4 is 11.8 Å². The van der Waals surface area contributed by atoms with E-state index in [2.05, 4.69) is 17.4 Å². The van der Waals surface area contributed by atoms with E-state index in [1.165, 1.54) is 17.9 Å². The molecule has 0 aliphatic rings. The summed E-state index contributed by atoms with van der Waals surface area (Å²) in [5.74, 6) is 3.37. The van der Waals surface area contributed by atoms with Gasteiger partial charge in [-0.05, 0) is 31.4 Å². The summed E-state index contributed by atoms with van der Waals surface area (Å²) < 4.78 is 5.07. The van der Waals surface area contributed by atoms with Crippen LogP contribution in [0.5, 0.6) is 0 Å². The van der Waals surface area contributed by atoms with E-state index in [1.54, 1.807) is 0 Å². The van der Waals surface area contributed by atoms with Gasteiger partial charge in [0, 0.05) is 6.07 Å². The lowest BCUT2D eigenvalue weighted by atomic mass is 10.4. The molecule has 1 aromatic rings. The first kappa shape index (κ1) is 11.6. The van der Waals surface area contributed by atoms with Crippen molar-refractivity contribution in [2.45, 2.75) is 26.8 Å². The van der Waals surface area contributed by atoms with E-state index in [4.69, 9.17) is 4.52 Å². The largest absolute Gasteiger partial charge is 0.360 e. The lowest BCUT2D eigenvalue weighted by Crippen LogP contribution is -2.14. The van der Waals surface area contributed by atoms with Crippen LogP contribution in [0.3, 0.4) is 0 Å². The van der Waals surface area contributed by atoms with Gasteiger partial charge in [-0.15, -0.1) is 0 Å². The van der Waals surface area contributed by atoms with E-state index in [-0.39, 0.29) is 0 Å². The zero-order valence-corrected chi connectivity index (χ0v) is 9.69. The number of rotatable bonds is 7. The monoisotopic (exact) mass is 214 g/mol. The lowest BCUT2D eigenvalue weighted by molar-refractivity contribution is 0.370. The van der Waals surface area contributed by atoms with E-state index in [1.807, 2.05) is 24.8 Å². The van der Waals surface area contributed by atoms with Crippen molar-refractivity contribution < 1.29 is 4.52 Å². The van der Waals surface area contributed by atoms with Crippen LogP contribution in [-0.2, 0) is 6.54 Å². The van der Waals surface area contributed by atoms with Gasteiger partial charge in [0.05, 0.1) is 12.2 Å². The highest BCUT2D eigenvalue weighted by atomic mass is 32.2. The first-order valence-electron chi connectivity index (χ1n) is 5.03. The molecular formula is C10H18N2OS. The molecule has 0 spiro atoms.